The number of benzene rings is 1. The van der Waals surface area contributed by atoms with Gasteiger partial charge in [-0.1, -0.05) is 20.8 Å². The first kappa shape index (κ1) is 15.1. The summed E-state index contributed by atoms with van der Waals surface area (Å²) >= 11 is 2.38. The van der Waals surface area contributed by atoms with Crippen LogP contribution >= 0.6 is 22.6 Å². The standard InChI is InChI=1S/C17H26IN/c1-12-11-14(18)7-10-16(12)19-15-8-5-13(6-9-15)17(2,3)4/h7,10-11,13,15,19H,5-6,8-9H2,1-4H3. The Labute approximate surface area is 131 Å². The van der Waals surface area contributed by atoms with E-state index in [1.807, 2.05) is 0 Å². The summed E-state index contributed by atoms with van der Waals surface area (Å²) in [6.45, 7) is 9.35. The Balaban J connectivity index is 1.92. The van der Waals surface area contributed by atoms with Crippen LogP contribution in [0.2, 0.25) is 0 Å². The summed E-state index contributed by atoms with van der Waals surface area (Å²) in [4.78, 5) is 0. The number of rotatable bonds is 2. The van der Waals surface area contributed by atoms with E-state index in [1.54, 1.807) is 0 Å². The van der Waals surface area contributed by atoms with Gasteiger partial charge in [-0.2, -0.15) is 0 Å². The smallest absolute Gasteiger partial charge is 0.0372 e. The number of nitrogens with one attached hydrogen (secondary N) is 1. The molecule has 2 rings (SSSR count). The van der Waals surface area contributed by atoms with Crippen molar-refractivity contribution < 1.29 is 0 Å². The first-order valence-corrected chi connectivity index (χ1v) is 8.47. The van der Waals surface area contributed by atoms with Crippen molar-refractivity contribution in [1.82, 2.24) is 0 Å². The van der Waals surface area contributed by atoms with Crippen LogP contribution in [0.25, 0.3) is 0 Å². The first-order valence-electron chi connectivity index (χ1n) is 7.39. The third kappa shape index (κ3) is 4.11. The Morgan fingerprint density at radius 3 is 2.26 bits per heavy atom. The predicted octanol–water partition coefficient (Wildman–Crippen LogP) is 5.62. The Hall–Kier alpha value is -0.250. The van der Waals surface area contributed by atoms with Crippen molar-refractivity contribution in [2.24, 2.45) is 11.3 Å². The molecule has 1 nitrogen and oxygen atoms in total. The molecule has 1 fully saturated rings. The molecule has 0 atom stereocenters. The molecule has 0 spiro atoms. The zero-order chi connectivity index (χ0) is 14.0. The van der Waals surface area contributed by atoms with E-state index in [1.165, 1.54) is 40.5 Å². The normalized spacial score (nSPS) is 24.3. The molecule has 1 N–H and O–H groups in total. The van der Waals surface area contributed by atoms with Crippen LogP contribution in [-0.2, 0) is 0 Å². The van der Waals surface area contributed by atoms with Gasteiger partial charge in [0.2, 0.25) is 0 Å². The van der Waals surface area contributed by atoms with E-state index in [9.17, 15) is 0 Å². The van der Waals surface area contributed by atoms with Crippen LogP contribution in [0.3, 0.4) is 0 Å². The van der Waals surface area contributed by atoms with Crippen molar-refractivity contribution >= 4 is 28.3 Å². The van der Waals surface area contributed by atoms with Crippen molar-refractivity contribution in [3.63, 3.8) is 0 Å². The van der Waals surface area contributed by atoms with Crippen molar-refractivity contribution in [3.8, 4) is 0 Å². The van der Waals surface area contributed by atoms with Crippen LogP contribution in [0.5, 0.6) is 0 Å². The van der Waals surface area contributed by atoms with Crippen molar-refractivity contribution in [1.29, 1.82) is 0 Å². The SMILES string of the molecule is Cc1cc(I)ccc1NC1CCC(C(C)(C)C)CC1. The summed E-state index contributed by atoms with van der Waals surface area (Å²) in [5.41, 5.74) is 3.16. The maximum absolute atomic E-state index is 3.75. The van der Waals surface area contributed by atoms with Gasteiger partial charge in [0.25, 0.3) is 0 Å². The molecule has 19 heavy (non-hydrogen) atoms. The van der Waals surface area contributed by atoms with Gasteiger partial charge < -0.3 is 5.32 Å². The zero-order valence-corrected chi connectivity index (χ0v) is 14.8. The molecule has 0 heterocycles. The lowest BCUT2D eigenvalue weighted by atomic mass is 9.71. The van der Waals surface area contributed by atoms with Crippen molar-refractivity contribution in [2.45, 2.75) is 59.4 Å². The highest BCUT2D eigenvalue weighted by Crippen LogP contribution is 2.38. The van der Waals surface area contributed by atoms with Gasteiger partial charge >= 0.3 is 0 Å². The maximum atomic E-state index is 3.75. The van der Waals surface area contributed by atoms with Gasteiger partial charge in [-0.05, 0) is 90.3 Å². The Morgan fingerprint density at radius 2 is 1.74 bits per heavy atom. The van der Waals surface area contributed by atoms with Crippen LogP contribution in [0.1, 0.15) is 52.0 Å². The lowest BCUT2D eigenvalue weighted by molar-refractivity contribution is 0.173. The van der Waals surface area contributed by atoms with Crippen LogP contribution in [-0.4, -0.2) is 6.04 Å². The Bertz CT molecular complexity index is 425. The molecular formula is C17H26IN. The molecule has 2 heteroatoms. The summed E-state index contributed by atoms with van der Waals surface area (Å²) < 4.78 is 1.32. The second-order valence-electron chi connectivity index (χ2n) is 7.02. The number of halogens is 1. The van der Waals surface area contributed by atoms with Crippen LogP contribution in [0, 0.1) is 21.8 Å². The molecule has 106 valence electrons. The topological polar surface area (TPSA) is 12.0 Å². The number of hydrogen-bond donors (Lipinski definition) is 1. The number of anilines is 1. The fraction of sp³-hybridized carbons (Fsp3) is 0.647. The summed E-state index contributed by atoms with van der Waals surface area (Å²) in [5, 5.41) is 3.75. The molecule has 0 aromatic heterocycles. The van der Waals surface area contributed by atoms with Gasteiger partial charge in [0, 0.05) is 15.3 Å². The minimum atomic E-state index is 0.476. The predicted molar refractivity (Wildman–Crippen MR) is 92.7 cm³/mol. The fourth-order valence-corrected chi connectivity index (χ4v) is 3.76. The average molecular weight is 371 g/mol. The average Bonchev–Trinajstić information content (AvgIpc) is 2.32. The molecule has 0 aliphatic heterocycles. The highest BCUT2D eigenvalue weighted by molar-refractivity contribution is 14.1. The Morgan fingerprint density at radius 1 is 1.11 bits per heavy atom. The van der Waals surface area contributed by atoms with Gasteiger partial charge in [-0.3, -0.25) is 0 Å². The third-order valence-electron chi connectivity index (χ3n) is 4.50. The molecule has 0 saturated heterocycles. The maximum Gasteiger partial charge on any atom is 0.0372 e. The minimum absolute atomic E-state index is 0.476. The molecule has 0 bridgehead atoms. The van der Waals surface area contributed by atoms with Gasteiger partial charge in [0.1, 0.15) is 0 Å². The minimum Gasteiger partial charge on any atom is -0.382 e. The first-order chi connectivity index (χ1) is 8.86. The lowest BCUT2D eigenvalue weighted by Crippen LogP contribution is -2.31. The quantitative estimate of drug-likeness (QED) is 0.666. The highest BCUT2D eigenvalue weighted by Gasteiger charge is 2.29. The molecule has 1 aliphatic rings. The Kier molecular flexibility index (Phi) is 4.80. The monoisotopic (exact) mass is 371 g/mol. The fourth-order valence-electron chi connectivity index (χ4n) is 3.11. The van der Waals surface area contributed by atoms with Gasteiger partial charge in [-0.25, -0.2) is 0 Å². The van der Waals surface area contributed by atoms with Crippen LogP contribution in [0.15, 0.2) is 18.2 Å². The third-order valence-corrected chi connectivity index (χ3v) is 5.17. The molecule has 1 saturated carbocycles. The van der Waals surface area contributed by atoms with E-state index in [-0.39, 0.29) is 0 Å². The molecule has 1 aromatic carbocycles. The van der Waals surface area contributed by atoms with Crippen LogP contribution in [0.4, 0.5) is 5.69 Å². The van der Waals surface area contributed by atoms with E-state index in [0.717, 1.165) is 5.92 Å². The number of hydrogen-bond acceptors (Lipinski definition) is 1. The summed E-state index contributed by atoms with van der Waals surface area (Å²) in [6, 6.07) is 7.34. The molecule has 0 radical (unpaired) electrons. The van der Waals surface area contributed by atoms with Gasteiger partial charge in [0.05, 0.1) is 0 Å². The van der Waals surface area contributed by atoms with Gasteiger partial charge in [-0.15, -0.1) is 0 Å². The second-order valence-corrected chi connectivity index (χ2v) is 8.26. The van der Waals surface area contributed by atoms with Crippen LogP contribution < -0.4 is 5.32 Å². The number of aryl methyl sites for hydroxylation is 1. The van der Waals surface area contributed by atoms with E-state index in [4.69, 9.17) is 0 Å². The molecule has 0 unspecified atom stereocenters. The molecule has 0 amide bonds. The lowest BCUT2D eigenvalue weighted by Gasteiger charge is -2.37. The second kappa shape index (κ2) is 6.02. The zero-order valence-electron chi connectivity index (χ0n) is 12.6. The van der Waals surface area contributed by atoms with Gasteiger partial charge in [0.15, 0.2) is 0 Å². The summed E-state index contributed by atoms with van der Waals surface area (Å²) in [5.74, 6) is 0.892. The van der Waals surface area contributed by atoms with E-state index < -0.39 is 0 Å². The molecule has 1 aromatic rings. The molecule has 1 aliphatic carbocycles. The van der Waals surface area contributed by atoms with E-state index in [2.05, 4.69) is 73.8 Å². The summed E-state index contributed by atoms with van der Waals surface area (Å²) in [7, 11) is 0. The van der Waals surface area contributed by atoms with Crippen molar-refractivity contribution in [2.75, 3.05) is 5.32 Å². The van der Waals surface area contributed by atoms with Crippen molar-refractivity contribution in [3.05, 3.63) is 27.3 Å². The largest absolute Gasteiger partial charge is 0.382 e. The summed E-state index contributed by atoms with van der Waals surface area (Å²) in [6.07, 6.45) is 5.36. The van der Waals surface area contributed by atoms with E-state index >= 15 is 0 Å². The highest BCUT2D eigenvalue weighted by atomic mass is 127. The molecular weight excluding hydrogens is 345 g/mol. The van der Waals surface area contributed by atoms with E-state index in [0.29, 0.717) is 11.5 Å².